The molecule has 6 nitrogen and oxygen atoms in total. The van der Waals surface area contributed by atoms with Gasteiger partial charge >= 0.3 is 0 Å². The van der Waals surface area contributed by atoms with E-state index in [1.54, 1.807) is 12.1 Å². The molecule has 1 saturated heterocycles. The zero-order valence-electron chi connectivity index (χ0n) is 15.2. The second-order valence-electron chi connectivity index (χ2n) is 6.43. The fourth-order valence-corrected chi connectivity index (χ4v) is 3.91. The number of hydrogen-bond acceptors (Lipinski definition) is 5. The van der Waals surface area contributed by atoms with Crippen molar-refractivity contribution in [3.8, 4) is 0 Å². The minimum Gasteiger partial charge on any atom is -0.350 e. The molecule has 3 rings (SSSR count). The van der Waals surface area contributed by atoms with E-state index in [0.29, 0.717) is 16.4 Å². The Kier molecular flexibility index (Phi) is 6.54. The summed E-state index contributed by atoms with van der Waals surface area (Å²) in [6.07, 6.45) is 0. The van der Waals surface area contributed by atoms with Crippen LogP contribution in [0.15, 0.2) is 30.3 Å². The molecule has 1 aromatic carbocycles. The second kappa shape index (κ2) is 9.07. The summed E-state index contributed by atoms with van der Waals surface area (Å²) >= 11 is 1.22. The van der Waals surface area contributed by atoms with E-state index in [0.717, 1.165) is 38.3 Å². The molecule has 27 heavy (non-hydrogen) atoms. The number of benzene rings is 1. The molecule has 0 aliphatic carbocycles. The minimum absolute atomic E-state index is 0.140. The summed E-state index contributed by atoms with van der Waals surface area (Å²) in [6, 6.07) is 7.26. The molecule has 0 unspecified atom stereocenters. The van der Waals surface area contributed by atoms with Gasteiger partial charge in [0.1, 0.15) is 5.82 Å². The predicted molar refractivity (Wildman–Crippen MR) is 105 cm³/mol. The minimum atomic E-state index is -0.463. The number of thiophene rings is 1. The van der Waals surface area contributed by atoms with Crippen LogP contribution in [-0.2, 0) is 0 Å². The van der Waals surface area contributed by atoms with Gasteiger partial charge in [-0.3, -0.25) is 14.5 Å². The molecular weight excluding hydrogens is 367 g/mol. The molecule has 1 aliphatic heterocycles. The molecule has 8 heteroatoms. The Morgan fingerprint density at radius 2 is 2.00 bits per heavy atom. The fourth-order valence-electron chi connectivity index (χ4n) is 2.93. The molecule has 0 spiro atoms. The number of nitrogens with zero attached hydrogens (tertiary/aromatic N) is 1. The Balaban J connectivity index is 1.55. The van der Waals surface area contributed by atoms with E-state index in [9.17, 15) is 14.0 Å². The third-order valence-electron chi connectivity index (χ3n) is 4.37. The van der Waals surface area contributed by atoms with Crippen molar-refractivity contribution in [2.24, 2.45) is 0 Å². The number of nitrogens with one attached hydrogen (secondary N) is 3. The highest BCUT2D eigenvalue weighted by atomic mass is 32.1. The van der Waals surface area contributed by atoms with E-state index in [1.807, 2.05) is 6.92 Å². The number of amides is 2. The Hall–Kier alpha value is -2.29. The van der Waals surface area contributed by atoms with E-state index >= 15 is 0 Å². The van der Waals surface area contributed by atoms with Crippen molar-refractivity contribution in [2.45, 2.75) is 6.92 Å². The maximum Gasteiger partial charge on any atom is 0.261 e. The first-order valence-electron chi connectivity index (χ1n) is 8.91. The van der Waals surface area contributed by atoms with Gasteiger partial charge in [-0.25, -0.2) is 4.39 Å². The van der Waals surface area contributed by atoms with Crippen LogP contribution in [0, 0.1) is 12.7 Å². The van der Waals surface area contributed by atoms with E-state index in [4.69, 9.17) is 0 Å². The van der Waals surface area contributed by atoms with Crippen LogP contribution in [-0.4, -0.2) is 56.0 Å². The number of hydrogen-bond donors (Lipinski definition) is 3. The first-order chi connectivity index (χ1) is 13.0. The number of carbonyl (C=O) groups excluding carboxylic acids is 2. The van der Waals surface area contributed by atoms with Gasteiger partial charge in [0.15, 0.2) is 0 Å². The molecule has 0 radical (unpaired) electrons. The first-order valence-corrected chi connectivity index (χ1v) is 9.73. The summed E-state index contributed by atoms with van der Waals surface area (Å²) in [4.78, 5) is 27.5. The number of rotatable bonds is 6. The van der Waals surface area contributed by atoms with Crippen molar-refractivity contribution in [1.29, 1.82) is 0 Å². The highest BCUT2D eigenvalue weighted by Crippen LogP contribution is 2.27. The number of carbonyl (C=O) groups is 2. The zero-order valence-corrected chi connectivity index (χ0v) is 16.0. The van der Waals surface area contributed by atoms with Crippen molar-refractivity contribution in [2.75, 3.05) is 44.6 Å². The summed E-state index contributed by atoms with van der Waals surface area (Å²) in [7, 11) is 0. The number of piperazine rings is 1. The zero-order chi connectivity index (χ0) is 19.2. The average Bonchev–Trinajstić information content (AvgIpc) is 3.02. The van der Waals surface area contributed by atoms with Gasteiger partial charge in [-0.15, -0.1) is 11.3 Å². The summed E-state index contributed by atoms with van der Waals surface area (Å²) in [6.45, 7) is 7.18. The van der Waals surface area contributed by atoms with E-state index in [1.165, 1.54) is 29.5 Å². The molecule has 0 bridgehead atoms. The Morgan fingerprint density at radius 3 is 2.74 bits per heavy atom. The van der Waals surface area contributed by atoms with Crippen LogP contribution in [0.25, 0.3) is 0 Å². The molecule has 0 atom stereocenters. The van der Waals surface area contributed by atoms with Crippen LogP contribution in [0.1, 0.15) is 25.6 Å². The van der Waals surface area contributed by atoms with Gasteiger partial charge in [-0.05, 0) is 36.8 Å². The van der Waals surface area contributed by atoms with Crippen LogP contribution in [0.5, 0.6) is 0 Å². The normalized spacial score (nSPS) is 14.7. The quantitative estimate of drug-likeness (QED) is 0.706. The topological polar surface area (TPSA) is 73.5 Å². The SMILES string of the molecule is Cc1cc(NC(=O)c2cccc(F)c2)sc1C(=O)NCCN1CCNCC1. The van der Waals surface area contributed by atoms with Crippen LogP contribution >= 0.6 is 11.3 Å². The highest BCUT2D eigenvalue weighted by Gasteiger charge is 2.16. The lowest BCUT2D eigenvalue weighted by Gasteiger charge is -2.27. The molecule has 1 aliphatic rings. The fraction of sp³-hybridized carbons (Fsp3) is 0.368. The Labute approximate surface area is 161 Å². The number of anilines is 1. The summed E-state index contributed by atoms with van der Waals surface area (Å²) in [5.74, 6) is -1.00. The van der Waals surface area contributed by atoms with E-state index in [-0.39, 0.29) is 11.5 Å². The lowest BCUT2D eigenvalue weighted by Crippen LogP contribution is -2.46. The molecule has 0 saturated carbocycles. The summed E-state index contributed by atoms with van der Waals surface area (Å²) in [5, 5.41) is 9.53. The Bertz CT molecular complexity index is 818. The third-order valence-corrected chi connectivity index (χ3v) is 5.52. The molecule has 2 amide bonds. The number of aryl methyl sites for hydroxylation is 1. The molecule has 1 fully saturated rings. The van der Waals surface area contributed by atoms with Crippen LogP contribution in [0.2, 0.25) is 0 Å². The van der Waals surface area contributed by atoms with Gasteiger partial charge < -0.3 is 16.0 Å². The van der Waals surface area contributed by atoms with Crippen LogP contribution in [0.4, 0.5) is 9.39 Å². The van der Waals surface area contributed by atoms with Gasteiger partial charge in [0.05, 0.1) is 9.88 Å². The van der Waals surface area contributed by atoms with Gasteiger partial charge in [0.2, 0.25) is 0 Å². The molecule has 2 aromatic rings. The van der Waals surface area contributed by atoms with Gasteiger partial charge in [-0.2, -0.15) is 0 Å². The van der Waals surface area contributed by atoms with Crippen molar-refractivity contribution in [3.63, 3.8) is 0 Å². The number of halogens is 1. The predicted octanol–water partition coefficient (Wildman–Crippen LogP) is 2.08. The first kappa shape index (κ1) is 19.5. The monoisotopic (exact) mass is 390 g/mol. The standard InChI is InChI=1S/C19H23FN4O2S/c1-13-11-16(23-18(25)14-3-2-4-15(20)12-14)27-17(13)19(26)22-7-10-24-8-5-21-6-9-24/h2-4,11-12,21H,5-10H2,1H3,(H,22,26)(H,23,25). The second-order valence-corrected chi connectivity index (χ2v) is 7.49. The maximum absolute atomic E-state index is 13.3. The summed E-state index contributed by atoms with van der Waals surface area (Å²) in [5.41, 5.74) is 1.04. The van der Waals surface area contributed by atoms with Crippen molar-refractivity contribution >= 4 is 28.2 Å². The third kappa shape index (κ3) is 5.35. The maximum atomic E-state index is 13.3. The van der Waals surface area contributed by atoms with Gasteiger partial charge in [0, 0.05) is 44.8 Å². The van der Waals surface area contributed by atoms with Gasteiger partial charge in [-0.1, -0.05) is 6.07 Å². The van der Waals surface area contributed by atoms with Crippen molar-refractivity contribution < 1.29 is 14.0 Å². The van der Waals surface area contributed by atoms with Gasteiger partial charge in [0.25, 0.3) is 11.8 Å². The molecule has 3 N–H and O–H groups in total. The van der Waals surface area contributed by atoms with Crippen molar-refractivity contribution in [1.82, 2.24) is 15.5 Å². The average molecular weight is 390 g/mol. The smallest absolute Gasteiger partial charge is 0.261 e. The summed E-state index contributed by atoms with van der Waals surface area (Å²) < 4.78 is 13.3. The molecule has 2 heterocycles. The molecule has 144 valence electrons. The lowest BCUT2D eigenvalue weighted by atomic mass is 10.2. The largest absolute Gasteiger partial charge is 0.350 e. The van der Waals surface area contributed by atoms with Crippen LogP contribution < -0.4 is 16.0 Å². The molecular formula is C19H23FN4O2S. The van der Waals surface area contributed by atoms with Crippen molar-refractivity contribution in [3.05, 3.63) is 52.2 Å². The highest BCUT2D eigenvalue weighted by molar-refractivity contribution is 7.18. The molecule has 1 aromatic heterocycles. The Morgan fingerprint density at radius 1 is 1.22 bits per heavy atom. The lowest BCUT2D eigenvalue weighted by molar-refractivity contribution is 0.0950. The van der Waals surface area contributed by atoms with E-state index in [2.05, 4.69) is 20.9 Å². The van der Waals surface area contributed by atoms with Crippen LogP contribution in [0.3, 0.4) is 0 Å². The van der Waals surface area contributed by atoms with E-state index < -0.39 is 11.7 Å².